The minimum absolute atomic E-state index is 0.00119. The molecule has 0 amide bonds. The summed E-state index contributed by atoms with van der Waals surface area (Å²) in [7, 11) is 3.98. The second-order valence-electron chi connectivity index (χ2n) is 8.31. The fraction of sp³-hybridized carbons (Fsp3) is 0.650. The maximum Gasteiger partial charge on any atom is 0.341 e. The van der Waals surface area contributed by atoms with Gasteiger partial charge < -0.3 is 24.4 Å². The lowest BCUT2D eigenvalue weighted by Gasteiger charge is -2.18. The fourth-order valence-electron chi connectivity index (χ4n) is 3.81. The molecule has 0 radical (unpaired) electrons. The van der Waals surface area contributed by atoms with Crippen molar-refractivity contribution in [2.75, 3.05) is 38.8 Å². The van der Waals surface area contributed by atoms with Gasteiger partial charge in [-0.1, -0.05) is 25.0 Å². The molecule has 2 saturated heterocycles. The molecule has 0 spiro atoms. The molecular weight excluding hydrogens is 372 g/mol. The van der Waals surface area contributed by atoms with Gasteiger partial charge in [0.05, 0.1) is 19.3 Å². The van der Waals surface area contributed by atoms with Gasteiger partial charge in [-0.2, -0.15) is 4.68 Å². The number of nitrogens with zero attached hydrogens (tertiary/aromatic N) is 5. The van der Waals surface area contributed by atoms with Crippen LogP contribution >= 0.6 is 0 Å². The summed E-state index contributed by atoms with van der Waals surface area (Å²) in [6.45, 7) is 6.55. The van der Waals surface area contributed by atoms with Crippen LogP contribution in [0.2, 0.25) is 0 Å². The molecule has 0 saturated carbocycles. The van der Waals surface area contributed by atoms with Crippen LogP contribution in [0.3, 0.4) is 0 Å². The Morgan fingerprint density at radius 3 is 2.86 bits per heavy atom. The van der Waals surface area contributed by atoms with E-state index < -0.39 is 0 Å². The molecule has 29 heavy (non-hydrogen) atoms. The van der Waals surface area contributed by atoms with Crippen LogP contribution < -0.4 is 15.0 Å². The average molecular weight is 402 g/mol. The van der Waals surface area contributed by atoms with Gasteiger partial charge in [0, 0.05) is 25.8 Å². The van der Waals surface area contributed by atoms with Gasteiger partial charge in [-0.25, -0.2) is 0 Å². The van der Waals surface area contributed by atoms with Crippen molar-refractivity contribution in [2.24, 2.45) is 5.92 Å². The van der Waals surface area contributed by atoms with E-state index in [1.165, 1.54) is 0 Å². The Morgan fingerprint density at radius 2 is 2.07 bits per heavy atom. The van der Waals surface area contributed by atoms with Gasteiger partial charge in [0.15, 0.2) is 0 Å². The summed E-state index contributed by atoms with van der Waals surface area (Å²) in [6.07, 6.45) is 1.04. The first-order valence-electron chi connectivity index (χ1n) is 10.2. The Balaban J connectivity index is 1.43. The van der Waals surface area contributed by atoms with Gasteiger partial charge in [-0.15, -0.1) is 0 Å². The number of tetrazole rings is 1. The lowest BCUT2D eigenvalue weighted by Crippen LogP contribution is -2.41. The van der Waals surface area contributed by atoms with Gasteiger partial charge in [0.25, 0.3) is 0 Å². The monoisotopic (exact) mass is 402 g/mol. The lowest BCUT2D eigenvalue weighted by atomic mass is 10.1. The van der Waals surface area contributed by atoms with Crippen molar-refractivity contribution in [2.45, 2.75) is 44.6 Å². The minimum Gasteiger partial charge on any atom is -0.423 e. The zero-order valence-electron chi connectivity index (χ0n) is 17.5. The summed E-state index contributed by atoms with van der Waals surface area (Å²) in [5.74, 6) is 1.35. The summed E-state index contributed by atoms with van der Waals surface area (Å²) >= 11 is 0. The highest BCUT2D eigenvalue weighted by atomic mass is 16.6. The van der Waals surface area contributed by atoms with Crippen molar-refractivity contribution in [3.63, 3.8) is 0 Å². The molecule has 9 heteroatoms. The van der Waals surface area contributed by atoms with Crippen molar-refractivity contribution in [3.05, 3.63) is 24.3 Å². The highest BCUT2D eigenvalue weighted by Gasteiger charge is 2.49. The van der Waals surface area contributed by atoms with Crippen molar-refractivity contribution >= 4 is 5.69 Å². The maximum atomic E-state index is 6.07. The van der Waals surface area contributed by atoms with E-state index in [4.69, 9.17) is 14.2 Å². The van der Waals surface area contributed by atoms with E-state index in [0.29, 0.717) is 30.9 Å². The van der Waals surface area contributed by atoms with E-state index in [1.54, 1.807) is 4.68 Å². The summed E-state index contributed by atoms with van der Waals surface area (Å²) in [5, 5.41) is 15.6. The molecule has 2 aliphatic rings. The number of hydrogen-bond donors (Lipinski definition) is 1. The standard InChI is InChI=1S/C20H30N6O3/c1-13(2)8-9-21-16-11-27-19-17(12-28-18(16)19)26-20(22-23-24-26)29-15-7-5-6-14(10-15)25(3)4/h5-7,10,13,16-19,21H,8-9,11-12H2,1-4H3. The fourth-order valence-corrected chi connectivity index (χ4v) is 3.81. The van der Waals surface area contributed by atoms with Gasteiger partial charge in [-0.3, -0.25) is 0 Å². The van der Waals surface area contributed by atoms with E-state index >= 15 is 0 Å². The number of anilines is 1. The highest BCUT2D eigenvalue weighted by molar-refractivity contribution is 5.49. The second kappa shape index (κ2) is 8.64. The van der Waals surface area contributed by atoms with Crippen molar-refractivity contribution in [1.29, 1.82) is 0 Å². The summed E-state index contributed by atoms with van der Waals surface area (Å²) in [6, 6.07) is 8.23. The second-order valence-corrected chi connectivity index (χ2v) is 8.31. The molecule has 3 heterocycles. The molecule has 1 aromatic heterocycles. The molecule has 1 aromatic carbocycles. The Labute approximate surface area is 171 Å². The van der Waals surface area contributed by atoms with Crippen LogP contribution in [0.25, 0.3) is 0 Å². The average Bonchev–Trinajstić information content (AvgIpc) is 3.39. The van der Waals surface area contributed by atoms with Gasteiger partial charge >= 0.3 is 6.01 Å². The molecule has 0 aliphatic carbocycles. The molecule has 2 aromatic rings. The van der Waals surface area contributed by atoms with E-state index in [2.05, 4.69) is 34.7 Å². The zero-order valence-corrected chi connectivity index (χ0v) is 17.5. The third kappa shape index (κ3) is 4.36. The van der Waals surface area contributed by atoms with Crippen LogP contribution in [0.15, 0.2) is 24.3 Å². The first-order valence-corrected chi connectivity index (χ1v) is 10.2. The molecule has 4 unspecified atom stereocenters. The number of rotatable bonds is 8. The van der Waals surface area contributed by atoms with Crippen LogP contribution in [-0.4, -0.2) is 72.3 Å². The molecule has 1 N–H and O–H groups in total. The van der Waals surface area contributed by atoms with Crippen LogP contribution in [-0.2, 0) is 9.47 Å². The van der Waals surface area contributed by atoms with Crippen LogP contribution in [0.4, 0.5) is 5.69 Å². The van der Waals surface area contributed by atoms with Gasteiger partial charge in [0.1, 0.15) is 24.0 Å². The number of benzene rings is 1. The molecule has 0 bridgehead atoms. The molecule has 9 nitrogen and oxygen atoms in total. The summed E-state index contributed by atoms with van der Waals surface area (Å²) < 4.78 is 19.8. The molecule has 2 fully saturated rings. The maximum absolute atomic E-state index is 6.07. The number of aromatic nitrogens is 4. The minimum atomic E-state index is -0.112. The first kappa shape index (κ1) is 20.1. The van der Waals surface area contributed by atoms with E-state index in [0.717, 1.165) is 18.7 Å². The van der Waals surface area contributed by atoms with Gasteiger partial charge in [0.2, 0.25) is 0 Å². The Hall–Kier alpha value is -2.23. The largest absolute Gasteiger partial charge is 0.423 e. The quantitative estimate of drug-likeness (QED) is 0.716. The predicted molar refractivity (Wildman–Crippen MR) is 108 cm³/mol. The van der Waals surface area contributed by atoms with Gasteiger partial charge in [-0.05, 0) is 41.4 Å². The van der Waals surface area contributed by atoms with Crippen molar-refractivity contribution in [1.82, 2.24) is 25.5 Å². The third-order valence-corrected chi connectivity index (χ3v) is 5.48. The van der Waals surface area contributed by atoms with Crippen LogP contribution in [0, 0.1) is 5.92 Å². The first-order chi connectivity index (χ1) is 14.0. The van der Waals surface area contributed by atoms with E-state index in [-0.39, 0.29) is 24.3 Å². The lowest BCUT2D eigenvalue weighted by molar-refractivity contribution is 0.0611. The molecule has 2 aliphatic heterocycles. The number of fused-ring (bicyclic) bond motifs is 1. The highest BCUT2D eigenvalue weighted by Crippen LogP contribution is 2.36. The number of ether oxygens (including phenoxy) is 3. The van der Waals surface area contributed by atoms with E-state index in [9.17, 15) is 0 Å². The third-order valence-electron chi connectivity index (χ3n) is 5.48. The van der Waals surface area contributed by atoms with Crippen molar-refractivity contribution < 1.29 is 14.2 Å². The summed E-state index contributed by atoms with van der Waals surface area (Å²) in [4.78, 5) is 2.02. The predicted octanol–water partition coefficient (Wildman–Crippen LogP) is 1.87. The molecule has 158 valence electrons. The Morgan fingerprint density at radius 1 is 1.24 bits per heavy atom. The number of nitrogens with one attached hydrogen (secondary N) is 1. The summed E-state index contributed by atoms with van der Waals surface area (Å²) in [5.41, 5.74) is 1.04. The molecule has 4 atom stereocenters. The van der Waals surface area contributed by atoms with Crippen LogP contribution in [0.1, 0.15) is 26.3 Å². The molecule has 4 rings (SSSR count). The SMILES string of the molecule is CC(C)CCNC1COC2C1OCC2n1nnnc1Oc1cccc(N(C)C)c1. The van der Waals surface area contributed by atoms with Crippen molar-refractivity contribution in [3.8, 4) is 11.8 Å². The Kier molecular flexibility index (Phi) is 5.98. The normalized spacial score (nSPS) is 26.1. The Bertz CT molecular complexity index is 811. The smallest absolute Gasteiger partial charge is 0.341 e. The zero-order chi connectivity index (χ0) is 20.4. The van der Waals surface area contributed by atoms with Crippen LogP contribution in [0.5, 0.6) is 11.8 Å². The topological polar surface area (TPSA) is 86.6 Å². The van der Waals surface area contributed by atoms with E-state index in [1.807, 2.05) is 43.3 Å². The number of hydrogen-bond acceptors (Lipinski definition) is 8. The molecular formula is C20H30N6O3.